The molecule has 136 valence electrons. The monoisotopic (exact) mass is 342 g/mol. The van der Waals surface area contributed by atoms with Crippen LogP contribution in [0.15, 0.2) is 0 Å². The van der Waals surface area contributed by atoms with Crippen molar-refractivity contribution in [1.29, 1.82) is 0 Å². The molecular formula is C12H22O11. The van der Waals surface area contributed by atoms with Crippen molar-refractivity contribution in [2.75, 3.05) is 13.2 Å². The molecule has 1 heterocycles. The van der Waals surface area contributed by atoms with Crippen LogP contribution in [-0.4, -0.2) is 115 Å². The first kappa shape index (κ1) is 20.3. The number of aliphatic hydroxyl groups excluding tert-OH is 8. The summed E-state index contributed by atoms with van der Waals surface area (Å²) >= 11 is 0. The Balaban J connectivity index is 2.91. The summed E-state index contributed by atoms with van der Waals surface area (Å²) in [5.41, 5.74) is 0. The minimum atomic E-state index is -1.97. The Bertz CT molecular complexity index is 365. The van der Waals surface area contributed by atoms with Crippen molar-refractivity contribution >= 4 is 6.29 Å². The Morgan fingerprint density at radius 2 is 1.65 bits per heavy atom. The SMILES string of the molecule is O=C[C@H](O)[C@@H](O)[C@H](O[C@@H]1O[C@H](CO)[C@H](O)[C@H](O)[C@H]1O)C(O)CO. The Hall–Kier alpha value is -0.730. The zero-order valence-electron chi connectivity index (χ0n) is 12.0. The molecule has 0 aliphatic carbocycles. The Morgan fingerprint density at radius 1 is 1.04 bits per heavy atom. The molecule has 0 bridgehead atoms. The van der Waals surface area contributed by atoms with Crippen LogP contribution in [0.3, 0.4) is 0 Å². The van der Waals surface area contributed by atoms with Gasteiger partial charge in [0.2, 0.25) is 0 Å². The maximum atomic E-state index is 10.5. The molecule has 23 heavy (non-hydrogen) atoms. The van der Waals surface area contributed by atoms with E-state index >= 15 is 0 Å². The van der Waals surface area contributed by atoms with Crippen molar-refractivity contribution in [3.8, 4) is 0 Å². The van der Waals surface area contributed by atoms with Crippen LogP contribution in [0, 0.1) is 0 Å². The highest BCUT2D eigenvalue weighted by atomic mass is 16.7. The normalized spacial score (nSPS) is 37.0. The summed E-state index contributed by atoms with van der Waals surface area (Å²) in [4.78, 5) is 10.5. The van der Waals surface area contributed by atoms with Crippen LogP contribution in [0.25, 0.3) is 0 Å². The van der Waals surface area contributed by atoms with Crippen molar-refractivity contribution in [2.24, 2.45) is 0 Å². The van der Waals surface area contributed by atoms with Gasteiger partial charge in [0.25, 0.3) is 0 Å². The largest absolute Gasteiger partial charge is 0.394 e. The van der Waals surface area contributed by atoms with Gasteiger partial charge in [-0.05, 0) is 0 Å². The summed E-state index contributed by atoms with van der Waals surface area (Å²) in [5, 5.41) is 75.7. The van der Waals surface area contributed by atoms with Gasteiger partial charge in [0.15, 0.2) is 12.6 Å². The maximum absolute atomic E-state index is 10.5. The summed E-state index contributed by atoms with van der Waals surface area (Å²) in [6.45, 7) is -1.64. The summed E-state index contributed by atoms with van der Waals surface area (Å²) in [6, 6.07) is 0. The van der Waals surface area contributed by atoms with Gasteiger partial charge in [-0.1, -0.05) is 0 Å². The van der Waals surface area contributed by atoms with Crippen molar-refractivity contribution in [3.63, 3.8) is 0 Å². The molecule has 0 aromatic rings. The van der Waals surface area contributed by atoms with E-state index in [-0.39, 0.29) is 6.29 Å². The predicted molar refractivity (Wildman–Crippen MR) is 69.8 cm³/mol. The lowest BCUT2D eigenvalue weighted by atomic mass is 9.98. The van der Waals surface area contributed by atoms with Gasteiger partial charge in [0, 0.05) is 0 Å². The number of hydrogen-bond donors (Lipinski definition) is 8. The second kappa shape index (κ2) is 8.94. The number of aldehydes is 1. The van der Waals surface area contributed by atoms with Crippen molar-refractivity contribution in [1.82, 2.24) is 0 Å². The first-order valence-corrected chi connectivity index (χ1v) is 6.84. The second-order valence-corrected chi connectivity index (χ2v) is 5.17. The van der Waals surface area contributed by atoms with Gasteiger partial charge >= 0.3 is 0 Å². The molecule has 11 nitrogen and oxygen atoms in total. The van der Waals surface area contributed by atoms with E-state index in [9.17, 15) is 35.4 Å². The minimum absolute atomic E-state index is 0.0294. The highest BCUT2D eigenvalue weighted by Gasteiger charge is 2.46. The van der Waals surface area contributed by atoms with Crippen LogP contribution in [0.2, 0.25) is 0 Å². The molecule has 0 aromatic heterocycles. The predicted octanol–water partition coefficient (Wildman–Crippen LogP) is -5.55. The van der Waals surface area contributed by atoms with Crippen LogP contribution in [0.1, 0.15) is 0 Å². The molecule has 0 spiro atoms. The fourth-order valence-electron chi connectivity index (χ4n) is 2.11. The molecule has 1 aliphatic heterocycles. The smallest absolute Gasteiger partial charge is 0.187 e. The highest BCUT2D eigenvalue weighted by Crippen LogP contribution is 2.24. The zero-order valence-corrected chi connectivity index (χ0v) is 12.0. The molecule has 0 amide bonds. The molecule has 0 radical (unpaired) electrons. The number of carbonyl (C=O) groups excluding carboxylic acids is 1. The van der Waals surface area contributed by atoms with E-state index in [0.717, 1.165) is 0 Å². The Morgan fingerprint density at radius 3 is 2.13 bits per heavy atom. The van der Waals surface area contributed by atoms with E-state index in [1.807, 2.05) is 0 Å². The number of rotatable bonds is 8. The van der Waals surface area contributed by atoms with Gasteiger partial charge in [-0.2, -0.15) is 0 Å². The van der Waals surface area contributed by atoms with Gasteiger partial charge in [-0.25, -0.2) is 0 Å². The van der Waals surface area contributed by atoms with Gasteiger partial charge in [0.05, 0.1) is 13.2 Å². The van der Waals surface area contributed by atoms with Gasteiger partial charge in [-0.3, -0.25) is 0 Å². The molecule has 0 saturated carbocycles. The first-order chi connectivity index (χ1) is 10.8. The highest BCUT2D eigenvalue weighted by molar-refractivity contribution is 5.56. The second-order valence-electron chi connectivity index (χ2n) is 5.17. The van der Waals surface area contributed by atoms with E-state index in [0.29, 0.717) is 0 Å². The first-order valence-electron chi connectivity index (χ1n) is 6.84. The van der Waals surface area contributed by atoms with Crippen LogP contribution >= 0.6 is 0 Å². The number of carbonyl (C=O) groups is 1. The third kappa shape index (κ3) is 4.64. The molecule has 1 unspecified atom stereocenters. The third-order valence-electron chi connectivity index (χ3n) is 3.53. The summed E-state index contributed by atoms with van der Waals surface area (Å²) in [7, 11) is 0. The average Bonchev–Trinajstić information content (AvgIpc) is 2.57. The summed E-state index contributed by atoms with van der Waals surface area (Å²) in [6.07, 6.45) is -15.7. The summed E-state index contributed by atoms with van der Waals surface area (Å²) < 4.78 is 10.1. The Kier molecular flexibility index (Phi) is 7.89. The molecular weight excluding hydrogens is 320 g/mol. The van der Waals surface area contributed by atoms with Crippen LogP contribution in [0.4, 0.5) is 0 Å². The van der Waals surface area contributed by atoms with Crippen molar-refractivity contribution in [2.45, 2.75) is 55.1 Å². The fourth-order valence-corrected chi connectivity index (χ4v) is 2.11. The van der Waals surface area contributed by atoms with Crippen LogP contribution in [0.5, 0.6) is 0 Å². The molecule has 1 rings (SSSR count). The summed E-state index contributed by atoms with van der Waals surface area (Å²) in [5.74, 6) is 0. The molecule has 0 aromatic carbocycles. The topological polar surface area (TPSA) is 197 Å². The molecule has 1 fully saturated rings. The van der Waals surface area contributed by atoms with Gasteiger partial charge in [-0.15, -0.1) is 0 Å². The lowest BCUT2D eigenvalue weighted by molar-refractivity contribution is -0.326. The van der Waals surface area contributed by atoms with E-state index in [4.69, 9.17) is 19.7 Å². The molecule has 11 heteroatoms. The average molecular weight is 342 g/mol. The standard InChI is InChI=1S/C12H22O11/c13-1-4(16)7(18)11(5(17)2-14)23-12-10(21)9(20)8(19)6(3-15)22-12/h1,4-12,14-21H,2-3H2/t4-,5?,6+,7+,8-,9-,10+,11+,12-/m0/s1. The number of ether oxygens (including phenoxy) is 2. The Labute approximate surface area is 130 Å². The number of aliphatic hydroxyl groups is 8. The van der Waals surface area contributed by atoms with E-state index < -0.39 is 68.3 Å². The molecule has 9 atom stereocenters. The number of hydrogen-bond acceptors (Lipinski definition) is 11. The van der Waals surface area contributed by atoms with Crippen molar-refractivity contribution in [3.05, 3.63) is 0 Å². The minimum Gasteiger partial charge on any atom is -0.394 e. The third-order valence-corrected chi connectivity index (χ3v) is 3.53. The zero-order chi connectivity index (χ0) is 17.7. The van der Waals surface area contributed by atoms with Gasteiger partial charge in [0.1, 0.15) is 48.8 Å². The van der Waals surface area contributed by atoms with Crippen LogP contribution in [-0.2, 0) is 14.3 Å². The van der Waals surface area contributed by atoms with E-state index in [2.05, 4.69) is 0 Å². The van der Waals surface area contributed by atoms with Crippen molar-refractivity contribution < 1.29 is 55.1 Å². The van der Waals surface area contributed by atoms with Gasteiger partial charge < -0.3 is 55.1 Å². The van der Waals surface area contributed by atoms with E-state index in [1.54, 1.807) is 0 Å². The molecule has 8 N–H and O–H groups in total. The fraction of sp³-hybridized carbons (Fsp3) is 0.917. The van der Waals surface area contributed by atoms with E-state index in [1.165, 1.54) is 0 Å². The molecule has 1 aliphatic rings. The van der Waals surface area contributed by atoms with Crippen LogP contribution < -0.4 is 0 Å². The lowest BCUT2D eigenvalue weighted by Crippen LogP contribution is -2.61. The lowest BCUT2D eigenvalue weighted by Gasteiger charge is -2.42. The quantitative estimate of drug-likeness (QED) is 0.196. The molecule has 1 saturated heterocycles. The maximum Gasteiger partial charge on any atom is 0.187 e.